The molecule has 0 spiro atoms. The first-order valence-corrected chi connectivity index (χ1v) is 7.17. The van der Waals surface area contributed by atoms with Gasteiger partial charge in [-0.05, 0) is 24.1 Å². The Morgan fingerprint density at radius 1 is 1.26 bits per heavy atom. The van der Waals surface area contributed by atoms with Crippen LogP contribution in [0.15, 0.2) is 23.1 Å². The molecule has 1 N–H and O–H groups in total. The third-order valence-corrected chi connectivity index (χ3v) is 3.43. The quantitative estimate of drug-likeness (QED) is 0.781. The summed E-state index contributed by atoms with van der Waals surface area (Å²) in [6.07, 6.45) is 0. The summed E-state index contributed by atoms with van der Waals surface area (Å²) >= 11 is 1.48. The molecule has 5 heteroatoms. The number of hydrogen-bond acceptors (Lipinski definition) is 4. The number of nitrogens with one attached hydrogen (secondary N) is 1. The molecule has 0 radical (unpaired) electrons. The van der Waals surface area contributed by atoms with Crippen LogP contribution in [-0.2, 0) is 4.79 Å². The summed E-state index contributed by atoms with van der Waals surface area (Å²) in [5.74, 6) is 2.29. The molecule has 0 unspecified atom stereocenters. The molecule has 1 amide bonds. The molecule has 0 atom stereocenters. The van der Waals surface area contributed by atoms with Gasteiger partial charge in [0.1, 0.15) is 0 Å². The van der Waals surface area contributed by atoms with Crippen LogP contribution in [0.3, 0.4) is 0 Å². The van der Waals surface area contributed by atoms with E-state index in [2.05, 4.69) is 19.2 Å². The van der Waals surface area contributed by atoms with Crippen molar-refractivity contribution in [2.24, 2.45) is 5.92 Å². The lowest BCUT2D eigenvalue weighted by molar-refractivity contribution is -0.118. The molecule has 0 aliphatic heterocycles. The smallest absolute Gasteiger partial charge is 0.230 e. The van der Waals surface area contributed by atoms with Crippen LogP contribution in [0, 0.1) is 5.92 Å². The second-order valence-corrected chi connectivity index (χ2v) is 5.55. The van der Waals surface area contributed by atoms with Crippen molar-refractivity contribution in [1.82, 2.24) is 5.32 Å². The fourth-order valence-electron chi connectivity index (χ4n) is 1.42. The van der Waals surface area contributed by atoms with Crippen LogP contribution in [-0.4, -0.2) is 32.4 Å². The van der Waals surface area contributed by atoms with Crippen LogP contribution in [0.1, 0.15) is 13.8 Å². The molecule has 1 aromatic carbocycles. The standard InChI is InChI=1S/C14H21NO3S/c1-10(2)8-15-14(16)9-19-11-5-6-12(17-3)13(7-11)18-4/h5-7,10H,8-9H2,1-4H3,(H,15,16). The van der Waals surface area contributed by atoms with E-state index in [1.165, 1.54) is 11.8 Å². The molecular formula is C14H21NO3S. The number of carbonyl (C=O) groups is 1. The number of ether oxygens (including phenoxy) is 2. The van der Waals surface area contributed by atoms with Crippen molar-refractivity contribution in [2.45, 2.75) is 18.7 Å². The average molecular weight is 283 g/mol. The summed E-state index contributed by atoms with van der Waals surface area (Å²) in [6, 6.07) is 5.63. The Morgan fingerprint density at radius 2 is 1.95 bits per heavy atom. The lowest BCUT2D eigenvalue weighted by Gasteiger charge is -2.10. The highest BCUT2D eigenvalue weighted by atomic mass is 32.2. The highest BCUT2D eigenvalue weighted by Gasteiger charge is 2.07. The minimum atomic E-state index is 0.0495. The van der Waals surface area contributed by atoms with E-state index >= 15 is 0 Å². The van der Waals surface area contributed by atoms with Crippen LogP contribution in [0.5, 0.6) is 11.5 Å². The van der Waals surface area contributed by atoms with Gasteiger partial charge in [-0.3, -0.25) is 4.79 Å². The highest BCUT2D eigenvalue weighted by molar-refractivity contribution is 8.00. The lowest BCUT2D eigenvalue weighted by atomic mass is 10.2. The van der Waals surface area contributed by atoms with Crippen LogP contribution in [0.2, 0.25) is 0 Å². The molecular weight excluding hydrogens is 262 g/mol. The molecule has 0 fully saturated rings. The van der Waals surface area contributed by atoms with E-state index in [1.54, 1.807) is 14.2 Å². The maximum atomic E-state index is 11.6. The van der Waals surface area contributed by atoms with E-state index in [1.807, 2.05) is 18.2 Å². The van der Waals surface area contributed by atoms with Gasteiger partial charge in [-0.15, -0.1) is 11.8 Å². The van der Waals surface area contributed by atoms with Crippen molar-refractivity contribution in [2.75, 3.05) is 26.5 Å². The first kappa shape index (κ1) is 15.7. The van der Waals surface area contributed by atoms with Crippen LogP contribution in [0.25, 0.3) is 0 Å². The summed E-state index contributed by atoms with van der Waals surface area (Å²) in [4.78, 5) is 12.6. The molecule has 1 rings (SSSR count). The molecule has 4 nitrogen and oxygen atoms in total. The van der Waals surface area contributed by atoms with E-state index in [9.17, 15) is 4.79 Å². The fourth-order valence-corrected chi connectivity index (χ4v) is 2.18. The van der Waals surface area contributed by atoms with E-state index in [0.717, 1.165) is 4.90 Å². The van der Waals surface area contributed by atoms with Gasteiger partial charge in [0.05, 0.1) is 20.0 Å². The van der Waals surface area contributed by atoms with Crippen LogP contribution in [0.4, 0.5) is 0 Å². The van der Waals surface area contributed by atoms with Crippen molar-refractivity contribution in [3.05, 3.63) is 18.2 Å². The Balaban J connectivity index is 2.51. The maximum absolute atomic E-state index is 11.6. The van der Waals surface area contributed by atoms with Crippen LogP contribution < -0.4 is 14.8 Å². The number of amides is 1. The second kappa shape index (κ2) is 7.94. The molecule has 0 aliphatic rings. The fraction of sp³-hybridized carbons (Fsp3) is 0.500. The van der Waals surface area contributed by atoms with Gasteiger partial charge in [0, 0.05) is 11.4 Å². The Bertz CT molecular complexity index is 421. The summed E-state index contributed by atoms with van der Waals surface area (Å²) in [6.45, 7) is 4.86. The molecule has 106 valence electrons. The Labute approximate surface area is 118 Å². The SMILES string of the molecule is COc1ccc(SCC(=O)NCC(C)C)cc1OC. The minimum absolute atomic E-state index is 0.0495. The summed E-state index contributed by atoms with van der Waals surface area (Å²) in [7, 11) is 3.20. The van der Waals surface area contributed by atoms with E-state index in [4.69, 9.17) is 9.47 Å². The number of methoxy groups -OCH3 is 2. The number of hydrogen-bond donors (Lipinski definition) is 1. The first-order valence-electron chi connectivity index (χ1n) is 6.18. The van der Waals surface area contributed by atoms with Gasteiger partial charge in [0.2, 0.25) is 5.91 Å². The molecule has 0 bridgehead atoms. The topological polar surface area (TPSA) is 47.6 Å². The number of thioether (sulfide) groups is 1. The monoisotopic (exact) mass is 283 g/mol. The van der Waals surface area contributed by atoms with E-state index < -0.39 is 0 Å². The minimum Gasteiger partial charge on any atom is -0.493 e. The maximum Gasteiger partial charge on any atom is 0.230 e. The number of benzene rings is 1. The molecule has 19 heavy (non-hydrogen) atoms. The van der Waals surface area contributed by atoms with Crippen molar-refractivity contribution in [3.8, 4) is 11.5 Å². The highest BCUT2D eigenvalue weighted by Crippen LogP contribution is 2.31. The van der Waals surface area contributed by atoms with Gasteiger partial charge < -0.3 is 14.8 Å². The van der Waals surface area contributed by atoms with Gasteiger partial charge in [0.15, 0.2) is 11.5 Å². The van der Waals surface area contributed by atoms with E-state index in [0.29, 0.717) is 29.7 Å². The van der Waals surface area contributed by atoms with Crippen molar-refractivity contribution in [1.29, 1.82) is 0 Å². The molecule has 0 aliphatic carbocycles. The molecule has 0 aromatic heterocycles. The van der Waals surface area contributed by atoms with Gasteiger partial charge in [-0.1, -0.05) is 13.8 Å². The molecule has 0 saturated carbocycles. The van der Waals surface area contributed by atoms with Crippen molar-refractivity contribution in [3.63, 3.8) is 0 Å². The second-order valence-electron chi connectivity index (χ2n) is 4.50. The zero-order valence-electron chi connectivity index (χ0n) is 11.9. The first-order chi connectivity index (χ1) is 9.06. The Kier molecular flexibility index (Phi) is 6.56. The van der Waals surface area contributed by atoms with Gasteiger partial charge in [-0.2, -0.15) is 0 Å². The zero-order valence-corrected chi connectivity index (χ0v) is 12.7. The van der Waals surface area contributed by atoms with Crippen molar-refractivity contribution >= 4 is 17.7 Å². The lowest BCUT2D eigenvalue weighted by Crippen LogP contribution is -2.28. The molecule has 0 heterocycles. The van der Waals surface area contributed by atoms with Crippen LogP contribution >= 0.6 is 11.8 Å². The third kappa shape index (κ3) is 5.42. The van der Waals surface area contributed by atoms with E-state index in [-0.39, 0.29) is 5.91 Å². The third-order valence-electron chi connectivity index (χ3n) is 2.43. The van der Waals surface area contributed by atoms with Gasteiger partial charge in [-0.25, -0.2) is 0 Å². The Morgan fingerprint density at radius 3 is 2.53 bits per heavy atom. The van der Waals surface area contributed by atoms with Crippen molar-refractivity contribution < 1.29 is 14.3 Å². The summed E-state index contributed by atoms with van der Waals surface area (Å²) in [5.41, 5.74) is 0. The van der Waals surface area contributed by atoms with Gasteiger partial charge >= 0.3 is 0 Å². The number of carbonyl (C=O) groups excluding carboxylic acids is 1. The predicted molar refractivity (Wildman–Crippen MR) is 78.1 cm³/mol. The summed E-state index contributed by atoms with van der Waals surface area (Å²) < 4.78 is 10.4. The molecule has 1 aromatic rings. The average Bonchev–Trinajstić information content (AvgIpc) is 2.42. The predicted octanol–water partition coefficient (Wildman–Crippen LogP) is 2.57. The molecule has 0 saturated heterocycles. The number of rotatable bonds is 7. The zero-order chi connectivity index (χ0) is 14.3. The summed E-state index contributed by atoms with van der Waals surface area (Å²) in [5, 5.41) is 2.89. The largest absolute Gasteiger partial charge is 0.493 e. The normalized spacial score (nSPS) is 10.4. The van der Waals surface area contributed by atoms with Gasteiger partial charge in [0.25, 0.3) is 0 Å². The Hall–Kier alpha value is -1.36.